The maximum absolute atomic E-state index is 12.3. The van der Waals surface area contributed by atoms with Gasteiger partial charge in [-0.2, -0.15) is 0 Å². The van der Waals surface area contributed by atoms with Gasteiger partial charge in [-0.15, -0.1) is 0 Å². The van der Waals surface area contributed by atoms with Gasteiger partial charge in [-0.3, -0.25) is 4.79 Å². The molecule has 0 saturated carbocycles. The van der Waals surface area contributed by atoms with E-state index in [0.29, 0.717) is 28.4 Å². The van der Waals surface area contributed by atoms with Crippen molar-refractivity contribution in [3.63, 3.8) is 0 Å². The summed E-state index contributed by atoms with van der Waals surface area (Å²) in [7, 11) is 3.06. The van der Waals surface area contributed by atoms with Crippen molar-refractivity contribution in [1.29, 1.82) is 0 Å². The lowest BCUT2D eigenvalue weighted by Gasteiger charge is -2.11. The first-order valence-electron chi connectivity index (χ1n) is 6.03. The minimum atomic E-state index is -0.273. The second kappa shape index (κ2) is 5.97. The first-order chi connectivity index (χ1) is 9.63. The van der Waals surface area contributed by atoms with Gasteiger partial charge < -0.3 is 20.5 Å². The number of carbonyl (C=O) groups excluding carboxylic acids is 1. The van der Waals surface area contributed by atoms with E-state index in [4.69, 9.17) is 15.2 Å². The van der Waals surface area contributed by atoms with Crippen LogP contribution in [-0.2, 0) is 0 Å². The van der Waals surface area contributed by atoms with Crippen LogP contribution in [0.25, 0.3) is 0 Å². The smallest absolute Gasteiger partial charge is 0.259 e. The second-order valence-corrected chi connectivity index (χ2v) is 4.14. The molecule has 0 aromatic heterocycles. The lowest BCUT2D eigenvalue weighted by Crippen LogP contribution is -2.13. The van der Waals surface area contributed by atoms with Crippen molar-refractivity contribution in [2.75, 3.05) is 25.3 Å². The van der Waals surface area contributed by atoms with E-state index in [1.165, 1.54) is 7.11 Å². The summed E-state index contributed by atoms with van der Waals surface area (Å²) in [6.07, 6.45) is 0. The Bertz CT molecular complexity index is 609. The van der Waals surface area contributed by atoms with Crippen LogP contribution in [0.15, 0.2) is 42.5 Å². The van der Waals surface area contributed by atoms with Crippen molar-refractivity contribution < 1.29 is 14.3 Å². The van der Waals surface area contributed by atoms with Crippen LogP contribution in [0, 0.1) is 0 Å². The molecule has 0 spiro atoms. The lowest BCUT2D eigenvalue weighted by molar-refractivity contribution is 0.102. The molecule has 5 nitrogen and oxygen atoms in total. The van der Waals surface area contributed by atoms with Gasteiger partial charge in [0.05, 0.1) is 19.8 Å². The molecule has 0 unspecified atom stereocenters. The average molecular weight is 272 g/mol. The second-order valence-electron chi connectivity index (χ2n) is 4.14. The van der Waals surface area contributed by atoms with Crippen LogP contribution in [0.2, 0.25) is 0 Å². The molecule has 0 aliphatic rings. The van der Waals surface area contributed by atoms with Crippen molar-refractivity contribution >= 4 is 17.3 Å². The monoisotopic (exact) mass is 272 g/mol. The summed E-state index contributed by atoms with van der Waals surface area (Å²) < 4.78 is 10.3. The summed E-state index contributed by atoms with van der Waals surface area (Å²) in [4.78, 5) is 12.3. The number of nitrogens with one attached hydrogen (secondary N) is 1. The van der Waals surface area contributed by atoms with E-state index < -0.39 is 0 Å². The number of rotatable bonds is 4. The van der Waals surface area contributed by atoms with Crippen LogP contribution in [-0.4, -0.2) is 20.1 Å². The Morgan fingerprint density at radius 2 is 1.75 bits per heavy atom. The Hall–Kier alpha value is -2.69. The molecule has 5 heteroatoms. The van der Waals surface area contributed by atoms with Gasteiger partial charge in [0.15, 0.2) is 0 Å². The van der Waals surface area contributed by atoms with Gasteiger partial charge in [-0.05, 0) is 42.5 Å². The van der Waals surface area contributed by atoms with E-state index in [2.05, 4.69) is 5.32 Å². The third-order valence-corrected chi connectivity index (χ3v) is 2.82. The highest BCUT2D eigenvalue weighted by molar-refractivity contribution is 6.06. The Kier molecular flexibility index (Phi) is 4.10. The molecular formula is C15H16N2O3. The SMILES string of the molecule is COc1ccc(OC)c(C(=O)Nc2ccc(N)cc2)c1. The fourth-order valence-electron chi connectivity index (χ4n) is 1.76. The zero-order valence-corrected chi connectivity index (χ0v) is 11.3. The van der Waals surface area contributed by atoms with Crippen LogP contribution in [0.5, 0.6) is 11.5 Å². The highest BCUT2D eigenvalue weighted by Crippen LogP contribution is 2.25. The summed E-state index contributed by atoms with van der Waals surface area (Å²) in [5, 5.41) is 2.78. The standard InChI is InChI=1S/C15H16N2O3/c1-19-12-7-8-14(20-2)13(9-12)15(18)17-11-5-3-10(16)4-6-11/h3-9H,16H2,1-2H3,(H,17,18). The van der Waals surface area contributed by atoms with Crippen LogP contribution >= 0.6 is 0 Å². The number of anilines is 2. The third-order valence-electron chi connectivity index (χ3n) is 2.82. The van der Waals surface area contributed by atoms with Crippen molar-refractivity contribution in [1.82, 2.24) is 0 Å². The van der Waals surface area contributed by atoms with E-state index in [-0.39, 0.29) is 5.91 Å². The van der Waals surface area contributed by atoms with Gasteiger partial charge in [0.2, 0.25) is 0 Å². The van der Waals surface area contributed by atoms with Gasteiger partial charge in [0, 0.05) is 11.4 Å². The molecule has 104 valence electrons. The molecule has 2 aromatic rings. The molecule has 2 rings (SSSR count). The number of methoxy groups -OCH3 is 2. The fraction of sp³-hybridized carbons (Fsp3) is 0.133. The Labute approximate surface area is 117 Å². The van der Waals surface area contributed by atoms with Gasteiger partial charge in [0.1, 0.15) is 11.5 Å². The first kappa shape index (κ1) is 13.7. The number of amides is 1. The molecule has 3 N–H and O–H groups in total. The molecule has 0 saturated heterocycles. The molecule has 20 heavy (non-hydrogen) atoms. The molecule has 0 fully saturated rings. The summed E-state index contributed by atoms with van der Waals surface area (Å²) in [5.41, 5.74) is 7.31. The number of hydrogen-bond donors (Lipinski definition) is 2. The topological polar surface area (TPSA) is 73.6 Å². The largest absolute Gasteiger partial charge is 0.497 e. The molecule has 0 atom stereocenters. The van der Waals surface area contributed by atoms with Gasteiger partial charge in [0.25, 0.3) is 5.91 Å². The Morgan fingerprint density at radius 1 is 1.05 bits per heavy atom. The predicted molar refractivity (Wildman–Crippen MR) is 78.4 cm³/mol. The van der Waals surface area contributed by atoms with Crippen LogP contribution in [0.1, 0.15) is 10.4 Å². The Morgan fingerprint density at radius 3 is 2.35 bits per heavy atom. The summed E-state index contributed by atoms with van der Waals surface area (Å²) in [6, 6.07) is 12.0. The maximum Gasteiger partial charge on any atom is 0.259 e. The van der Waals surface area contributed by atoms with Crippen LogP contribution in [0.3, 0.4) is 0 Å². The minimum absolute atomic E-state index is 0.273. The molecule has 2 aromatic carbocycles. The van der Waals surface area contributed by atoms with Gasteiger partial charge in [-0.1, -0.05) is 0 Å². The van der Waals surface area contributed by atoms with E-state index in [1.807, 2.05) is 0 Å². The highest BCUT2D eigenvalue weighted by Gasteiger charge is 2.13. The van der Waals surface area contributed by atoms with E-state index in [9.17, 15) is 4.79 Å². The van der Waals surface area contributed by atoms with E-state index in [1.54, 1.807) is 49.6 Å². The molecule has 0 radical (unpaired) electrons. The molecular weight excluding hydrogens is 256 g/mol. The molecule has 0 bridgehead atoms. The zero-order valence-electron chi connectivity index (χ0n) is 11.3. The first-order valence-corrected chi connectivity index (χ1v) is 6.03. The number of benzene rings is 2. The summed E-state index contributed by atoms with van der Waals surface area (Å²) in [5.74, 6) is 0.803. The summed E-state index contributed by atoms with van der Waals surface area (Å²) in [6.45, 7) is 0. The third kappa shape index (κ3) is 3.00. The normalized spacial score (nSPS) is 9.90. The Balaban J connectivity index is 2.25. The molecule has 0 aliphatic heterocycles. The number of nitrogen functional groups attached to an aromatic ring is 1. The number of carbonyl (C=O) groups is 1. The van der Waals surface area contributed by atoms with Crippen molar-refractivity contribution in [2.24, 2.45) is 0 Å². The van der Waals surface area contributed by atoms with Crippen molar-refractivity contribution in [3.8, 4) is 11.5 Å². The minimum Gasteiger partial charge on any atom is -0.497 e. The molecule has 1 amide bonds. The quantitative estimate of drug-likeness (QED) is 0.839. The van der Waals surface area contributed by atoms with E-state index in [0.717, 1.165) is 0 Å². The highest BCUT2D eigenvalue weighted by atomic mass is 16.5. The summed E-state index contributed by atoms with van der Waals surface area (Å²) >= 11 is 0. The molecule has 0 aliphatic carbocycles. The van der Waals surface area contributed by atoms with Gasteiger partial charge >= 0.3 is 0 Å². The molecule has 0 heterocycles. The van der Waals surface area contributed by atoms with Gasteiger partial charge in [-0.25, -0.2) is 0 Å². The van der Waals surface area contributed by atoms with E-state index >= 15 is 0 Å². The van der Waals surface area contributed by atoms with Crippen LogP contribution < -0.4 is 20.5 Å². The number of hydrogen-bond acceptors (Lipinski definition) is 4. The average Bonchev–Trinajstić information content (AvgIpc) is 2.48. The van der Waals surface area contributed by atoms with Crippen molar-refractivity contribution in [2.45, 2.75) is 0 Å². The van der Waals surface area contributed by atoms with Crippen LogP contribution in [0.4, 0.5) is 11.4 Å². The number of ether oxygens (including phenoxy) is 2. The lowest BCUT2D eigenvalue weighted by atomic mass is 10.1. The maximum atomic E-state index is 12.3. The number of nitrogens with two attached hydrogens (primary N) is 1. The zero-order chi connectivity index (χ0) is 14.5. The predicted octanol–water partition coefficient (Wildman–Crippen LogP) is 2.54. The van der Waals surface area contributed by atoms with Crippen molar-refractivity contribution in [3.05, 3.63) is 48.0 Å². The fourth-order valence-corrected chi connectivity index (χ4v) is 1.76.